The van der Waals surface area contributed by atoms with Gasteiger partial charge in [0, 0.05) is 120 Å². The average molecular weight is 1450 g/mol. The number of unbranched alkanes of at least 4 members (excludes halogenated alkanes) is 1. The maximum absolute atomic E-state index is 15.1. The fourth-order valence-corrected chi connectivity index (χ4v) is 12.5. The summed E-state index contributed by atoms with van der Waals surface area (Å²) in [5.74, 6) is -8.85. The smallest absolute Gasteiger partial charge is 0.328 e. The number of nitrogens with two attached hydrogens (primary N) is 3. The number of nitrogens with one attached hydrogen (secondary N) is 15. The van der Waals surface area contributed by atoms with Crippen molar-refractivity contribution in [1.82, 2.24) is 79.4 Å². The van der Waals surface area contributed by atoms with Crippen LogP contribution in [0.4, 0.5) is 0 Å². The molecule has 0 saturated carbocycles. The summed E-state index contributed by atoms with van der Waals surface area (Å²) in [6.07, 6.45) is 0.472. The van der Waals surface area contributed by atoms with E-state index in [1.807, 2.05) is 0 Å². The zero-order valence-corrected chi connectivity index (χ0v) is 59.4. The van der Waals surface area contributed by atoms with Crippen LogP contribution in [-0.2, 0) is 67.2 Å². The molecular weight excluding hydrogens is 1340 g/mol. The number of aromatic nitrogens is 1. The van der Waals surface area contributed by atoms with E-state index in [1.165, 1.54) is 52.8 Å². The molecule has 1 aliphatic rings. The van der Waals surface area contributed by atoms with Gasteiger partial charge in [-0.25, -0.2) is 4.79 Å². The van der Waals surface area contributed by atoms with Crippen molar-refractivity contribution in [2.24, 2.45) is 17.2 Å². The number of aromatic hydroxyl groups is 1. The molecule has 1 aromatic heterocycles. The number of likely N-dealkylation sites (N-methyl/N-ethyl adjacent to an activating group) is 1. The number of aliphatic hydroxyl groups is 2. The van der Waals surface area contributed by atoms with Crippen molar-refractivity contribution in [1.29, 1.82) is 0 Å². The van der Waals surface area contributed by atoms with Crippen LogP contribution in [0, 0.1) is 0 Å². The van der Waals surface area contributed by atoms with Crippen LogP contribution in [0.3, 0.4) is 0 Å². The van der Waals surface area contributed by atoms with Gasteiger partial charge in [-0.2, -0.15) is 0 Å². The summed E-state index contributed by atoms with van der Waals surface area (Å²) in [5.41, 5.74) is 19.3. The lowest BCUT2D eigenvalue weighted by Gasteiger charge is -2.36. The summed E-state index contributed by atoms with van der Waals surface area (Å²) in [6.45, 7) is 6.68. The number of H-pyrrole nitrogens is 1. The van der Waals surface area contributed by atoms with E-state index in [1.54, 1.807) is 74.1 Å². The number of phenolic OH excluding ortho intramolecular Hbond substituents is 1. The molecule has 2 heterocycles. The Bertz CT molecular complexity index is 3280. The summed E-state index contributed by atoms with van der Waals surface area (Å²) in [7, 11) is 4.33. The predicted octanol–water partition coefficient (Wildman–Crippen LogP) is -4.33. The molecule has 25 N–H and O–H groups in total. The lowest BCUT2D eigenvalue weighted by Crippen LogP contribution is -2.65. The van der Waals surface area contributed by atoms with Crippen molar-refractivity contribution < 1.29 is 68.4 Å². The Balaban J connectivity index is 1.37. The van der Waals surface area contributed by atoms with Crippen molar-refractivity contribution in [2.75, 3.05) is 97.6 Å². The van der Waals surface area contributed by atoms with Crippen molar-refractivity contribution in [2.45, 2.75) is 137 Å². The molecule has 32 nitrogen and oxygen atoms in total. The second-order valence-corrected chi connectivity index (χ2v) is 27.9. The third-order valence-corrected chi connectivity index (χ3v) is 18.6. The molecule has 1 aliphatic heterocycles. The molecule has 101 heavy (non-hydrogen) atoms. The summed E-state index contributed by atoms with van der Waals surface area (Å²) >= 11 is 0. The average Bonchev–Trinajstić information content (AvgIpc) is 1.69. The summed E-state index contributed by atoms with van der Waals surface area (Å²) in [5, 5.41) is 81.6. The van der Waals surface area contributed by atoms with Crippen molar-refractivity contribution in [3.8, 4) is 5.75 Å². The van der Waals surface area contributed by atoms with Gasteiger partial charge in [-0.1, -0.05) is 82.3 Å². The minimum absolute atomic E-state index is 0.00256. The number of aliphatic carboxylic acids is 1. The summed E-state index contributed by atoms with van der Waals surface area (Å²) < 4.78 is 0. The predicted molar refractivity (Wildman–Crippen MR) is 386 cm³/mol. The van der Waals surface area contributed by atoms with Gasteiger partial charge in [-0.15, -0.1) is 0 Å². The number of rotatable bonds is 39. The van der Waals surface area contributed by atoms with Crippen molar-refractivity contribution in [3.63, 3.8) is 0 Å². The first-order chi connectivity index (χ1) is 48.3. The number of phenols is 1. The quantitative estimate of drug-likeness (QED) is 0.0148. The highest BCUT2D eigenvalue weighted by molar-refractivity contribution is 8.76. The van der Waals surface area contributed by atoms with Gasteiger partial charge in [0.1, 0.15) is 42.0 Å². The van der Waals surface area contributed by atoms with Gasteiger partial charge in [0.25, 0.3) is 0 Å². The van der Waals surface area contributed by atoms with E-state index in [9.17, 15) is 63.6 Å². The van der Waals surface area contributed by atoms with Crippen molar-refractivity contribution in [3.05, 3.63) is 102 Å². The molecule has 4 aromatic rings. The molecule has 5 rings (SSSR count). The molecular formula is C67H104N18O14S2. The molecule has 1 saturated heterocycles. The number of amides is 9. The number of carboxylic acids is 1. The number of fused-ring (bicyclic) bond motifs is 1. The highest BCUT2D eigenvalue weighted by Gasteiger charge is 2.37. The number of carbonyl (C=O) groups excluding carboxylic acids is 9. The number of hydrogen-bond donors (Lipinski definition) is 22. The van der Waals surface area contributed by atoms with E-state index in [4.69, 9.17) is 17.2 Å². The minimum atomic E-state index is -1.73. The number of carbonyl (C=O) groups is 10. The van der Waals surface area contributed by atoms with Crippen molar-refractivity contribution >= 4 is 91.6 Å². The van der Waals surface area contributed by atoms with Gasteiger partial charge >= 0.3 is 5.97 Å². The molecule has 34 heteroatoms. The molecule has 0 bridgehead atoms. The fraction of sp³-hybridized carbons (Fsp3) is 0.552. The molecule has 1 fully saturated rings. The first kappa shape index (κ1) is 83.7. The van der Waals surface area contributed by atoms with E-state index >= 15 is 4.79 Å². The first-order valence-electron chi connectivity index (χ1n) is 33.8. The third-order valence-electron chi connectivity index (χ3n) is 16.8. The number of para-hydroxylation sites is 1. The zero-order chi connectivity index (χ0) is 73.9. The van der Waals surface area contributed by atoms with Crippen LogP contribution in [0.5, 0.6) is 5.75 Å². The molecule has 9 amide bonds. The second-order valence-electron chi connectivity index (χ2n) is 25.3. The highest BCUT2D eigenvalue weighted by atomic mass is 33.1. The molecule has 9 atom stereocenters. The summed E-state index contributed by atoms with van der Waals surface area (Å²) in [4.78, 5) is 142. The van der Waals surface area contributed by atoms with E-state index in [0.29, 0.717) is 99.5 Å². The molecule has 4 unspecified atom stereocenters. The Morgan fingerprint density at radius 2 is 1.10 bits per heavy atom. The Morgan fingerprint density at radius 3 is 1.67 bits per heavy atom. The molecule has 558 valence electrons. The lowest BCUT2D eigenvalue weighted by atomic mass is 9.97. The van der Waals surface area contributed by atoms with E-state index in [-0.39, 0.29) is 75.3 Å². The van der Waals surface area contributed by atoms with Crippen LogP contribution in [-0.4, -0.2) is 248 Å². The van der Waals surface area contributed by atoms with Crippen LogP contribution in [0.15, 0.2) is 85.1 Å². The van der Waals surface area contributed by atoms with Crippen LogP contribution >= 0.6 is 21.6 Å². The minimum Gasteiger partial charge on any atom is -0.508 e. The maximum Gasteiger partial charge on any atom is 0.328 e. The van der Waals surface area contributed by atoms with Crippen LogP contribution in [0.1, 0.15) is 69.1 Å². The largest absolute Gasteiger partial charge is 0.508 e. The normalized spacial score (nSPS) is 18.7. The van der Waals surface area contributed by atoms with Gasteiger partial charge in [0.05, 0.1) is 29.8 Å². The maximum atomic E-state index is 15.1. The van der Waals surface area contributed by atoms with E-state index < -0.39 is 125 Å². The Kier molecular flexibility index (Phi) is 36.2. The number of benzene rings is 3. The first-order valence-corrected chi connectivity index (χ1v) is 36.5. The number of carboxylic acid groups (broad SMARTS) is 1. The third kappa shape index (κ3) is 29.1. The van der Waals surface area contributed by atoms with Crippen LogP contribution in [0.25, 0.3) is 10.9 Å². The Morgan fingerprint density at radius 1 is 0.574 bits per heavy atom. The van der Waals surface area contributed by atoms with Gasteiger partial charge in [-0.3, -0.25) is 43.2 Å². The van der Waals surface area contributed by atoms with E-state index in [2.05, 4.69) is 79.4 Å². The number of aromatic amines is 1. The van der Waals surface area contributed by atoms with Crippen LogP contribution in [0.2, 0.25) is 0 Å². The highest BCUT2D eigenvalue weighted by Crippen LogP contribution is 2.22. The monoisotopic (exact) mass is 1450 g/mol. The van der Waals surface area contributed by atoms with Crippen LogP contribution < -0.4 is 91.6 Å². The Labute approximate surface area is 596 Å². The summed E-state index contributed by atoms with van der Waals surface area (Å²) in [6, 6.07) is 11.4. The van der Waals surface area contributed by atoms with Gasteiger partial charge < -0.3 is 117 Å². The molecule has 0 spiro atoms. The van der Waals surface area contributed by atoms with Gasteiger partial charge in [0.2, 0.25) is 53.2 Å². The van der Waals surface area contributed by atoms with Gasteiger partial charge in [0.15, 0.2) is 6.04 Å². The fourth-order valence-electron chi connectivity index (χ4n) is 11.2. The van der Waals surface area contributed by atoms with Gasteiger partial charge in [-0.05, 0) is 94.3 Å². The molecule has 0 aliphatic carbocycles. The lowest BCUT2D eigenvalue weighted by molar-refractivity contribution is -0.144. The topological polar surface area (TPSA) is 514 Å². The Hall–Kier alpha value is -8.00. The number of hydrogen-bond acceptors (Lipinski definition) is 23. The second kappa shape index (κ2) is 43.7. The molecule has 0 radical (unpaired) electrons. The standard InChI is InChI=1S/C67H104N18O14S2/c1-41(86)57(64(97)77-33-56(91)83-58(42(2)87)65(98)99)84-59(92)49(17-10-11-24-68)79-62(95)52(31-45-32-76-48-16-9-8-15-47(45)48)81-61(94)51(30-44-20-22-46(88)23-21-44)80-63(96)53(34-101-100-4)82-60(93)50(29-43-13-6-5-7-14-43)78-54(89)18-12-19-55(90)85-67(38-71-3)39-74-27-25-72-36-66(70,35-69)37-73-26-28-75-40-67/h5-9,13-16,20-23,32,41-42,49-53,57-58,71-76,86-88H,10-12,17-19,24-31,33-40,68-70H2,1-4H3,(H,77,97)(H,78,89)(H,79,95)(H,80,96)(H,81,94)(H,82,93)(H,83,91)(H,84,92)(H,85,90)(H,98,99)/t41?,42?,49-,50+,51-,52+,53-,57?,58?,66?,67?/m0/s1. The van der Waals surface area contributed by atoms with E-state index in [0.717, 1.165) is 6.92 Å². The SMILES string of the molecule is CNCC1(NC(=O)CCCC(=O)N[C@H](Cc2ccccc2)C(=O)N[C@@H](CSSC)C(=O)N[C@@H](Cc2ccc(O)cc2)C(=O)N[C@H](Cc2c[nH]c3ccccc23)C(=O)N[C@@H](CCCCN)C(=O)NC(C(=O)NCC(=O)NC(C(=O)O)C(C)O)C(C)O)CNCCNCC(N)(CN)CNCCNC1. The molecule has 3 aromatic carbocycles. The zero-order valence-electron chi connectivity index (χ0n) is 57.8. The number of aliphatic hydroxyl groups excluding tert-OH is 2.